The first-order valence-electron chi connectivity index (χ1n) is 7.19. The molecule has 0 aliphatic rings. The van der Waals surface area contributed by atoms with Crippen molar-refractivity contribution in [3.05, 3.63) is 23.8 Å². The molecule has 1 aromatic rings. The molecule has 120 valence electrons. The highest BCUT2D eigenvalue weighted by Gasteiger charge is 2.11. The maximum Gasteiger partial charge on any atom is 0.387 e. The fourth-order valence-electron chi connectivity index (χ4n) is 1.90. The fraction of sp³-hybridized carbons (Fsp3) is 0.600. The average Bonchev–Trinajstić information content (AvgIpc) is 2.45. The first kappa shape index (κ1) is 17.7. The number of hydrogen-bond acceptors (Lipinski definition) is 4. The molecule has 1 rings (SSSR count). The second-order valence-corrected chi connectivity index (χ2v) is 4.55. The van der Waals surface area contributed by atoms with Crippen molar-refractivity contribution in [1.82, 2.24) is 5.32 Å². The number of nitrogens with one attached hydrogen (secondary N) is 1. The van der Waals surface area contributed by atoms with Crippen LogP contribution in [0.4, 0.5) is 8.78 Å². The van der Waals surface area contributed by atoms with Gasteiger partial charge in [-0.25, -0.2) is 0 Å². The summed E-state index contributed by atoms with van der Waals surface area (Å²) in [5.41, 5.74) is 0.947. The van der Waals surface area contributed by atoms with Crippen molar-refractivity contribution in [3.8, 4) is 11.5 Å². The average molecular weight is 303 g/mol. The van der Waals surface area contributed by atoms with Crippen molar-refractivity contribution in [2.45, 2.75) is 39.3 Å². The van der Waals surface area contributed by atoms with E-state index < -0.39 is 6.61 Å². The van der Waals surface area contributed by atoms with Gasteiger partial charge in [-0.15, -0.1) is 0 Å². The predicted octanol–water partition coefficient (Wildman–Crippen LogP) is 2.94. The molecule has 0 aromatic heterocycles. The van der Waals surface area contributed by atoms with E-state index in [1.807, 2.05) is 0 Å². The summed E-state index contributed by atoms with van der Waals surface area (Å²) in [5.74, 6) is 0.385. The van der Waals surface area contributed by atoms with Crippen molar-refractivity contribution >= 4 is 0 Å². The molecule has 4 nitrogen and oxygen atoms in total. The number of unbranched alkanes of at least 4 members (excludes halogenated alkanes) is 2. The summed E-state index contributed by atoms with van der Waals surface area (Å²) in [5, 5.41) is 11.9. The van der Waals surface area contributed by atoms with E-state index >= 15 is 0 Å². The normalized spacial score (nSPS) is 10.9. The number of hydrogen-bond donors (Lipinski definition) is 2. The standard InChI is InChI=1S/C15H23F2NO3/c1-2-20-14-10-12(6-7-13(14)21-15(16)17)11-18-8-4-3-5-9-19/h6-7,10,15,18-19H,2-5,8-9,11H2,1H3. The largest absolute Gasteiger partial charge is 0.490 e. The zero-order chi connectivity index (χ0) is 15.5. The van der Waals surface area contributed by atoms with E-state index in [0.717, 1.165) is 31.4 Å². The lowest BCUT2D eigenvalue weighted by molar-refractivity contribution is -0.0514. The Bertz CT molecular complexity index is 403. The minimum absolute atomic E-state index is 0.0542. The van der Waals surface area contributed by atoms with Crippen molar-refractivity contribution < 1.29 is 23.4 Å². The highest BCUT2D eigenvalue weighted by molar-refractivity contribution is 5.43. The van der Waals surface area contributed by atoms with Gasteiger partial charge in [0.1, 0.15) is 0 Å². The van der Waals surface area contributed by atoms with E-state index in [2.05, 4.69) is 10.1 Å². The number of rotatable bonds is 11. The Labute approximate surface area is 124 Å². The van der Waals surface area contributed by atoms with Crippen molar-refractivity contribution in [3.63, 3.8) is 0 Å². The van der Waals surface area contributed by atoms with Gasteiger partial charge in [0.25, 0.3) is 0 Å². The van der Waals surface area contributed by atoms with Crippen LogP contribution in [-0.2, 0) is 6.54 Å². The lowest BCUT2D eigenvalue weighted by atomic mass is 10.2. The summed E-state index contributed by atoms with van der Waals surface area (Å²) < 4.78 is 34.3. The molecule has 0 radical (unpaired) electrons. The van der Waals surface area contributed by atoms with E-state index in [1.54, 1.807) is 19.1 Å². The molecule has 0 saturated carbocycles. The lowest BCUT2D eigenvalue weighted by Crippen LogP contribution is -2.15. The summed E-state index contributed by atoms with van der Waals surface area (Å²) in [6, 6.07) is 4.95. The Morgan fingerprint density at radius 2 is 2.00 bits per heavy atom. The number of benzene rings is 1. The zero-order valence-corrected chi connectivity index (χ0v) is 12.3. The molecule has 2 N–H and O–H groups in total. The van der Waals surface area contributed by atoms with Gasteiger partial charge in [-0.2, -0.15) is 8.78 Å². The van der Waals surface area contributed by atoms with Crippen LogP contribution in [0.1, 0.15) is 31.7 Å². The molecular formula is C15H23F2NO3. The van der Waals surface area contributed by atoms with Crippen LogP contribution in [0.3, 0.4) is 0 Å². The third-order valence-electron chi connectivity index (χ3n) is 2.86. The van der Waals surface area contributed by atoms with E-state index in [1.165, 1.54) is 6.07 Å². The summed E-state index contributed by atoms with van der Waals surface area (Å²) >= 11 is 0. The summed E-state index contributed by atoms with van der Waals surface area (Å²) in [6.07, 6.45) is 2.79. The Morgan fingerprint density at radius 3 is 2.67 bits per heavy atom. The third kappa shape index (κ3) is 7.24. The van der Waals surface area contributed by atoms with Crippen LogP contribution in [-0.4, -0.2) is 31.5 Å². The number of alkyl halides is 2. The topological polar surface area (TPSA) is 50.7 Å². The van der Waals surface area contributed by atoms with Gasteiger partial charge < -0.3 is 19.9 Å². The van der Waals surface area contributed by atoms with Crippen LogP contribution in [0.2, 0.25) is 0 Å². The molecule has 21 heavy (non-hydrogen) atoms. The van der Waals surface area contributed by atoms with Gasteiger partial charge in [0.15, 0.2) is 11.5 Å². The molecule has 0 atom stereocenters. The van der Waals surface area contributed by atoms with E-state index in [-0.39, 0.29) is 12.4 Å². The second kappa shape index (κ2) is 10.3. The monoisotopic (exact) mass is 303 g/mol. The van der Waals surface area contributed by atoms with Crippen LogP contribution in [0, 0.1) is 0 Å². The van der Waals surface area contributed by atoms with Crippen molar-refractivity contribution in [1.29, 1.82) is 0 Å². The number of ether oxygens (including phenoxy) is 2. The minimum atomic E-state index is -2.86. The molecule has 0 heterocycles. The van der Waals surface area contributed by atoms with Crippen LogP contribution >= 0.6 is 0 Å². The Balaban J connectivity index is 2.49. The van der Waals surface area contributed by atoms with Gasteiger partial charge in [-0.05, 0) is 50.4 Å². The molecule has 0 amide bonds. The van der Waals surface area contributed by atoms with Gasteiger partial charge in [-0.1, -0.05) is 6.07 Å². The third-order valence-corrected chi connectivity index (χ3v) is 2.86. The minimum Gasteiger partial charge on any atom is -0.490 e. The second-order valence-electron chi connectivity index (χ2n) is 4.55. The molecular weight excluding hydrogens is 280 g/mol. The predicted molar refractivity (Wildman–Crippen MR) is 76.9 cm³/mol. The smallest absolute Gasteiger partial charge is 0.387 e. The van der Waals surface area contributed by atoms with Gasteiger partial charge in [-0.3, -0.25) is 0 Å². The SMILES string of the molecule is CCOc1cc(CNCCCCCO)ccc1OC(F)F. The van der Waals surface area contributed by atoms with Gasteiger partial charge in [0.05, 0.1) is 6.61 Å². The van der Waals surface area contributed by atoms with Crippen LogP contribution in [0.5, 0.6) is 11.5 Å². The summed E-state index contributed by atoms with van der Waals surface area (Å²) in [6.45, 7) is 1.02. The summed E-state index contributed by atoms with van der Waals surface area (Å²) in [4.78, 5) is 0. The van der Waals surface area contributed by atoms with Crippen LogP contribution in [0.15, 0.2) is 18.2 Å². The molecule has 0 spiro atoms. The molecule has 6 heteroatoms. The molecule has 0 fully saturated rings. The zero-order valence-electron chi connectivity index (χ0n) is 12.3. The maximum absolute atomic E-state index is 12.3. The molecule has 1 aromatic carbocycles. The van der Waals surface area contributed by atoms with Gasteiger partial charge >= 0.3 is 6.61 Å². The number of aliphatic hydroxyl groups is 1. The van der Waals surface area contributed by atoms with E-state index in [9.17, 15) is 8.78 Å². The van der Waals surface area contributed by atoms with Crippen LogP contribution in [0.25, 0.3) is 0 Å². The Morgan fingerprint density at radius 1 is 1.19 bits per heavy atom. The van der Waals surface area contributed by atoms with Gasteiger partial charge in [0, 0.05) is 13.2 Å². The fourth-order valence-corrected chi connectivity index (χ4v) is 1.90. The molecule has 0 bridgehead atoms. The van der Waals surface area contributed by atoms with Gasteiger partial charge in [0.2, 0.25) is 0 Å². The molecule has 0 aliphatic carbocycles. The first-order chi connectivity index (χ1) is 10.2. The number of aliphatic hydroxyl groups excluding tert-OH is 1. The molecule has 0 saturated heterocycles. The molecule has 0 aliphatic heterocycles. The van der Waals surface area contributed by atoms with Crippen molar-refractivity contribution in [2.75, 3.05) is 19.8 Å². The highest BCUT2D eigenvalue weighted by Crippen LogP contribution is 2.29. The number of halogens is 2. The maximum atomic E-state index is 12.3. The Kier molecular flexibility index (Phi) is 8.69. The quantitative estimate of drug-likeness (QED) is 0.617. The lowest BCUT2D eigenvalue weighted by Gasteiger charge is -2.13. The highest BCUT2D eigenvalue weighted by atomic mass is 19.3. The van der Waals surface area contributed by atoms with E-state index in [4.69, 9.17) is 9.84 Å². The van der Waals surface area contributed by atoms with Crippen molar-refractivity contribution in [2.24, 2.45) is 0 Å². The van der Waals surface area contributed by atoms with Crippen LogP contribution < -0.4 is 14.8 Å². The van der Waals surface area contributed by atoms with E-state index in [0.29, 0.717) is 18.9 Å². The Hall–Kier alpha value is -1.40. The first-order valence-corrected chi connectivity index (χ1v) is 7.19. The summed E-state index contributed by atoms with van der Waals surface area (Å²) in [7, 11) is 0. The molecule has 0 unspecified atom stereocenters.